The van der Waals surface area contributed by atoms with Crippen LogP contribution in [0.5, 0.6) is 0 Å². The molecule has 1 heterocycles. The molecule has 0 aliphatic rings. The van der Waals surface area contributed by atoms with Crippen LogP contribution in [-0.2, 0) is 12.8 Å². The number of aromatic nitrogens is 1. The number of hydrogen-bond donors (Lipinski definition) is 1. The molecule has 1 aromatic heterocycles. The molecule has 0 spiro atoms. The largest absolute Gasteiger partial charge is 0.313 e. The van der Waals surface area contributed by atoms with Crippen molar-refractivity contribution in [3.05, 3.63) is 62.5 Å². The van der Waals surface area contributed by atoms with E-state index in [0.29, 0.717) is 6.04 Å². The highest BCUT2D eigenvalue weighted by molar-refractivity contribution is 14.1. The second-order valence-electron chi connectivity index (χ2n) is 5.03. The first-order valence-corrected chi connectivity index (χ1v) is 8.09. The van der Waals surface area contributed by atoms with E-state index >= 15 is 0 Å². The fourth-order valence-electron chi connectivity index (χ4n) is 2.30. The molecule has 0 aliphatic heterocycles. The zero-order chi connectivity index (χ0) is 14.5. The predicted molar refractivity (Wildman–Crippen MR) is 93.0 cm³/mol. The molecule has 3 heteroatoms. The van der Waals surface area contributed by atoms with Gasteiger partial charge in [-0.05, 0) is 65.7 Å². The van der Waals surface area contributed by atoms with Gasteiger partial charge in [0.15, 0.2) is 0 Å². The lowest BCUT2D eigenvalue weighted by atomic mass is 10.00. The van der Waals surface area contributed by atoms with Crippen LogP contribution in [0.1, 0.15) is 35.3 Å². The van der Waals surface area contributed by atoms with E-state index in [-0.39, 0.29) is 0 Å². The van der Waals surface area contributed by atoms with E-state index in [4.69, 9.17) is 0 Å². The van der Waals surface area contributed by atoms with Gasteiger partial charge in [-0.3, -0.25) is 4.98 Å². The van der Waals surface area contributed by atoms with Gasteiger partial charge in [0, 0.05) is 27.9 Å². The Labute approximate surface area is 135 Å². The van der Waals surface area contributed by atoms with Crippen molar-refractivity contribution in [1.29, 1.82) is 0 Å². The van der Waals surface area contributed by atoms with Crippen molar-refractivity contribution in [2.75, 3.05) is 7.05 Å². The molecule has 1 unspecified atom stereocenters. The number of halogens is 1. The molecule has 0 aliphatic carbocycles. The molecule has 2 nitrogen and oxygen atoms in total. The first-order valence-electron chi connectivity index (χ1n) is 7.01. The minimum Gasteiger partial charge on any atom is -0.313 e. The van der Waals surface area contributed by atoms with Gasteiger partial charge in [-0.15, -0.1) is 0 Å². The van der Waals surface area contributed by atoms with E-state index in [1.54, 1.807) is 0 Å². The summed E-state index contributed by atoms with van der Waals surface area (Å²) in [7, 11) is 2.02. The Morgan fingerprint density at radius 3 is 2.65 bits per heavy atom. The minimum atomic E-state index is 0.307. The maximum atomic E-state index is 4.57. The van der Waals surface area contributed by atoms with Gasteiger partial charge in [-0.1, -0.05) is 31.2 Å². The van der Waals surface area contributed by atoms with Crippen LogP contribution >= 0.6 is 22.6 Å². The fourth-order valence-corrected chi connectivity index (χ4v) is 3.04. The smallest absolute Gasteiger partial charge is 0.0422 e. The first-order chi connectivity index (χ1) is 9.65. The standard InChI is InChI=1S/C17H21IN2/c1-4-13-8-9-14(20-11-13)10-16(19-3)15-7-5-6-12(2)17(15)18/h5-9,11,16,19H,4,10H2,1-3H3. The third-order valence-corrected chi connectivity index (χ3v) is 5.13. The summed E-state index contributed by atoms with van der Waals surface area (Å²) >= 11 is 2.44. The van der Waals surface area contributed by atoms with Crippen molar-refractivity contribution in [3.63, 3.8) is 0 Å². The molecule has 1 aromatic carbocycles. The summed E-state index contributed by atoms with van der Waals surface area (Å²) in [4.78, 5) is 4.57. The summed E-state index contributed by atoms with van der Waals surface area (Å²) in [6.07, 6.45) is 3.95. The van der Waals surface area contributed by atoms with Gasteiger partial charge >= 0.3 is 0 Å². The van der Waals surface area contributed by atoms with Gasteiger partial charge < -0.3 is 5.32 Å². The maximum absolute atomic E-state index is 4.57. The predicted octanol–water partition coefficient (Wildman–Crippen LogP) is 4.06. The van der Waals surface area contributed by atoms with Crippen LogP contribution in [0.2, 0.25) is 0 Å². The zero-order valence-electron chi connectivity index (χ0n) is 12.3. The molecule has 0 bridgehead atoms. The van der Waals surface area contributed by atoms with Crippen LogP contribution in [0.3, 0.4) is 0 Å². The molecule has 0 radical (unpaired) electrons. The number of pyridine rings is 1. The molecular formula is C17H21IN2. The second-order valence-corrected chi connectivity index (χ2v) is 6.11. The molecule has 1 atom stereocenters. The highest BCUT2D eigenvalue weighted by Gasteiger charge is 2.14. The topological polar surface area (TPSA) is 24.9 Å². The number of rotatable bonds is 5. The number of nitrogens with one attached hydrogen (secondary N) is 1. The van der Waals surface area contributed by atoms with Crippen LogP contribution in [-0.4, -0.2) is 12.0 Å². The van der Waals surface area contributed by atoms with E-state index in [1.807, 2.05) is 13.2 Å². The molecule has 0 fully saturated rings. The van der Waals surface area contributed by atoms with Crippen LogP contribution in [0, 0.1) is 10.5 Å². The lowest BCUT2D eigenvalue weighted by Gasteiger charge is -2.19. The minimum absolute atomic E-state index is 0.307. The normalized spacial score (nSPS) is 12.4. The third kappa shape index (κ3) is 3.58. The van der Waals surface area contributed by atoms with Crippen LogP contribution in [0.4, 0.5) is 0 Å². The van der Waals surface area contributed by atoms with Gasteiger partial charge in [0.2, 0.25) is 0 Å². The second kappa shape index (κ2) is 7.18. The lowest BCUT2D eigenvalue weighted by molar-refractivity contribution is 0.581. The van der Waals surface area contributed by atoms with Gasteiger partial charge in [-0.2, -0.15) is 0 Å². The van der Waals surface area contributed by atoms with E-state index in [2.05, 4.69) is 77.1 Å². The van der Waals surface area contributed by atoms with E-state index in [9.17, 15) is 0 Å². The molecule has 20 heavy (non-hydrogen) atoms. The zero-order valence-corrected chi connectivity index (χ0v) is 14.4. The average Bonchev–Trinajstić information content (AvgIpc) is 2.48. The summed E-state index contributed by atoms with van der Waals surface area (Å²) < 4.78 is 1.34. The van der Waals surface area contributed by atoms with E-state index < -0.39 is 0 Å². The summed E-state index contributed by atoms with van der Waals surface area (Å²) in [6.45, 7) is 4.31. The Hall–Kier alpha value is -0.940. The molecule has 1 N–H and O–H groups in total. The molecule has 0 saturated carbocycles. The SMILES string of the molecule is CCc1ccc(CC(NC)c2cccc(C)c2I)nc1. The van der Waals surface area contributed by atoms with Crippen molar-refractivity contribution < 1.29 is 0 Å². The fraction of sp³-hybridized carbons (Fsp3) is 0.353. The van der Waals surface area contributed by atoms with Crippen molar-refractivity contribution in [2.45, 2.75) is 32.7 Å². The Balaban J connectivity index is 2.21. The van der Waals surface area contributed by atoms with Crippen LogP contribution in [0.15, 0.2) is 36.5 Å². The van der Waals surface area contributed by atoms with Crippen molar-refractivity contribution in [2.24, 2.45) is 0 Å². The Morgan fingerprint density at radius 2 is 2.05 bits per heavy atom. The molecule has 2 rings (SSSR count). The Bertz CT molecular complexity index is 564. The molecule has 106 valence electrons. The van der Waals surface area contributed by atoms with Gasteiger partial charge in [0.1, 0.15) is 0 Å². The van der Waals surface area contributed by atoms with Crippen LogP contribution < -0.4 is 5.32 Å². The third-order valence-electron chi connectivity index (χ3n) is 3.65. The van der Waals surface area contributed by atoms with Crippen molar-refractivity contribution in [3.8, 4) is 0 Å². The molecule has 0 saturated heterocycles. The van der Waals surface area contributed by atoms with Crippen LogP contribution in [0.25, 0.3) is 0 Å². The highest BCUT2D eigenvalue weighted by Crippen LogP contribution is 2.25. The quantitative estimate of drug-likeness (QED) is 0.792. The number of likely N-dealkylation sites (N-methyl/N-ethyl adjacent to an activating group) is 1. The van der Waals surface area contributed by atoms with Crippen molar-refractivity contribution >= 4 is 22.6 Å². The summed E-state index contributed by atoms with van der Waals surface area (Å²) in [5.41, 5.74) is 5.12. The molecular weight excluding hydrogens is 359 g/mol. The van der Waals surface area contributed by atoms with E-state index in [1.165, 1.54) is 20.3 Å². The first kappa shape index (κ1) is 15.4. The Kier molecular flexibility index (Phi) is 5.54. The number of nitrogens with zero attached hydrogens (tertiary/aromatic N) is 1. The number of hydrogen-bond acceptors (Lipinski definition) is 2. The van der Waals surface area contributed by atoms with Crippen molar-refractivity contribution in [1.82, 2.24) is 10.3 Å². The maximum Gasteiger partial charge on any atom is 0.0422 e. The summed E-state index contributed by atoms with van der Waals surface area (Å²) in [5, 5.41) is 3.42. The molecule has 2 aromatic rings. The van der Waals surface area contributed by atoms with E-state index in [0.717, 1.165) is 18.5 Å². The van der Waals surface area contributed by atoms with Gasteiger partial charge in [0.25, 0.3) is 0 Å². The highest BCUT2D eigenvalue weighted by atomic mass is 127. The Morgan fingerprint density at radius 1 is 1.25 bits per heavy atom. The average molecular weight is 380 g/mol. The monoisotopic (exact) mass is 380 g/mol. The number of aryl methyl sites for hydroxylation is 2. The lowest BCUT2D eigenvalue weighted by Crippen LogP contribution is -2.20. The van der Waals surface area contributed by atoms with Gasteiger partial charge in [-0.25, -0.2) is 0 Å². The summed E-state index contributed by atoms with van der Waals surface area (Å²) in [5.74, 6) is 0. The molecule has 0 amide bonds. The number of benzene rings is 1. The van der Waals surface area contributed by atoms with Gasteiger partial charge in [0.05, 0.1) is 0 Å². The summed E-state index contributed by atoms with van der Waals surface area (Å²) in [6, 6.07) is 11.1.